The average molecular weight is 438 g/mol. The number of amides is 1. The molecule has 2 aromatic rings. The molecule has 0 atom stereocenters. The number of ether oxygens (including phenoxy) is 2. The Labute approximate surface area is 168 Å². The van der Waals surface area contributed by atoms with Gasteiger partial charge in [0.05, 0.1) is 14.2 Å². The summed E-state index contributed by atoms with van der Waals surface area (Å²) in [5.41, 5.74) is 1.27. The maximum Gasteiger partial charge on any atom is 0.220 e. The molecule has 0 bridgehead atoms. The molecule has 4 nitrogen and oxygen atoms in total. The molecule has 2 rings (SSSR count). The van der Waals surface area contributed by atoms with E-state index in [1.165, 1.54) is 6.07 Å². The fourth-order valence-corrected chi connectivity index (χ4v) is 3.07. The normalized spacial score (nSPS) is 11.2. The molecular weight excluding hydrogens is 413 g/mol. The van der Waals surface area contributed by atoms with Crippen LogP contribution in [-0.4, -0.2) is 26.7 Å². The van der Waals surface area contributed by atoms with Crippen LogP contribution in [0.5, 0.6) is 11.5 Å². The van der Waals surface area contributed by atoms with E-state index in [9.17, 15) is 9.18 Å². The topological polar surface area (TPSA) is 47.6 Å². The van der Waals surface area contributed by atoms with Crippen molar-refractivity contribution in [2.24, 2.45) is 0 Å². The minimum atomic E-state index is -0.303. The third-order valence-corrected chi connectivity index (χ3v) is 5.02. The summed E-state index contributed by atoms with van der Waals surface area (Å²) >= 11 is 3.23. The Morgan fingerprint density at radius 3 is 2.44 bits per heavy atom. The van der Waals surface area contributed by atoms with E-state index in [0.29, 0.717) is 34.5 Å². The van der Waals surface area contributed by atoms with Crippen molar-refractivity contribution in [3.05, 3.63) is 57.8 Å². The zero-order valence-corrected chi connectivity index (χ0v) is 17.7. The van der Waals surface area contributed by atoms with Crippen LogP contribution in [0.3, 0.4) is 0 Å². The van der Waals surface area contributed by atoms with Gasteiger partial charge in [-0.25, -0.2) is 4.39 Å². The van der Waals surface area contributed by atoms with Crippen molar-refractivity contribution in [1.29, 1.82) is 0 Å². The second-order valence-corrected chi connectivity index (χ2v) is 7.88. The molecule has 0 saturated heterocycles. The van der Waals surface area contributed by atoms with Gasteiger partial charge in [0.25, 0.3) is 0 Å². The van der Waals surface area contributed by atoms with Gasteiger partial charge in [0.15, 0.2) is 11.5 Å². The lowest BCUT2D eigenvalue weighted by atomic mass is 9.84. The van der Waals surface area contributed by atoms with Gasteiger partial charge >= 0.3 is 0 Å². The van der Waals surface area contributed by atoms with Crippen LogP contribution >= 0.6 is 15.9 Å². The van der Waals surface area contributed by atoms with Crippen molar-refractivity contribution < 1.29 is 18.7 Å². The second-order valence-electron chi connectivity index (χ2n) is 6.97. The minimum Gasteiger partial charge on any atom is -0.493 e. The summed E-state index contributed by atoms with van der Waals surface area (Å²) in [5.74, 6) is 0.909. The van der Waals surface area contributed by atoms with Crippen LogP contribution < -0.4 is 14.8 Å². The number of methoxy groups -OCH3 is 2. The molecule has 0 aromatic heterocycles. The Morgan fingerprint density at radius 2 is 1.81 bits per heavy atom. The van der Waals surface area contributed by atoms with Gasteiger partial charge in [-0.3, -0.25) is 4.79 Å². The van der Waals surface area contributed by atoms with E-state index in [2.05, 4.69) is 21.2 Å². The molecule has 146 valence electrons. The van der Waals surface area contributed by atoms with Gasteiger partial charge in [-0.15, -0.1) is 0 Å². The number of halogens is 2. The molecule has 0 fully saturated rings. The summed E-state index contributed by atoms with van der Waals surface area (Å²) < 4.78 is 25.2. The fourth-order valence-electron chi connectivity index (χ4n) is 2.74. The molecule has 6 heteroatoms. The highest BCUT2D eigenvalue weighted by Gasteiger charge is 2.23. The first kappa shape index (κ1) is 21.2. The monoisotopic (exact) mass is 437 g/mol. The first-order valence-electron chi connectivity index (χ1n) is 8.70. The molecule has 1 amide bonds. The molecule has 1 N–H and O–H groups in total. The highest BCUT2D eigenvalue weighted by atomic mass is 79.9. The predicted molar refractivity (Wildman–Crippen MR) is 108 cm³/mol. The van der Waals surface area contributed by atoms with E-state index in [0.717, 1.165) is 5.56 Å². The van der Waals surface area contributed by atoms with Gasteiger partial charge in [0.1, 0.15) is 5.82 Å². The lowest BCUT2D eigenvalue weighted by Crippen LogP contribution is -2.36. The second kappa shape index (κ2) is 9.22. The smallest absolute Gasteiger partial charge is 0.220 e. The van der Waals surface area contributed by atoms with E-state index < -0.39 is 0 Å². The highest BCUT2D eigenvalue weighted by Crippen LogP contribution is 2.32. The number of carbonyl (C=O) groups excluding carboxylic acids is 1. The van der Waals surface area contributed by atoms with Crippen molar-refractivity contribution in [3.63, 3.8) is 0 Å². The molecule has 0 spiro atoms. The first-order chi connectivity index (χ1) is 12.8. The quantitative estimate of drug-likeness (QED) is 0.654. The summed E-state index contributed by atoms with van der Waals surface area (Å²) in [6, 6.07) is 10.6. The summed E-state index contributed by atoms with van der Waals surface area (Å²) in [5, 5.41) is 2.95. The summed E-state index contributed by atoms with van der Waals surface area (Å²) in [7, 11) is 3.19. The minimum absolute atomic E-state index is 0.106. The van der Waals surface area contributed by atoms with Gasteiger partial charge < -0.3 is 14.8 Å². The maximum absolute atomic E-state index is 13.8. The molecule has 0 heterocycles. The van der Waals surface area contributed by atoms with Gasteiger partial charge in [0, 0.05) is 22.9 Å². The number of nitrogens with one attached hydrogen (secondary N) is 1. The van der Waals surface area contributed by atoms with Crippen LogP contribution in [-0.2, 0) is 16.6 Å². The van der Waals surface area contributed by atoms with Gasteiger partial charge in [0.2, 0.25) is 5.91 Å². The van der Waals surface area contributed by atoms with Crippen molar-refractivity contribution in [3.8, 4) is 11.5 Å². The Kier molecular flexibility index (Phi) is 7.25. The average Bonchev–Trinajstić information content (AvgIpc) is 2.65. The van der Waals surface area contributed by atoms with E-state index in [1.54, 1.807) is 26.4 Å². The third-order valence-electron chi connectivity index (χ3n) is 4.53. The molecule has 0 unspecified atom stereocenters. The van der Waals surface area contributed by atoms with E-state index in [4.69, 9.17) is 9.47 Å². The Morgan fingerprint density at radius 1 is 1.11 bits per heavy atom. The molecule has 2 aromatic carbocycles. The molecule has 0 saturated carbocycles. The third kappa shape index (κ3) is 5.70. The highest BCUT2D eigenvalue weighted by molar-refractivity contribution is 9.10. The van der Waals surface area contributed by atoms with Crippen molar-refractivity contribution >= 4 is 21.8 Å². The van der Waals surface area contributed by atoms with Gasteiger partial charge in [-0.2, -0.15) is 0 Å². The van der Waals surface area contributed by atoms with E-state index in [1.807, 2.05) is 32.0 Å². The Balaban J connectivity index is 1.94. The zero-order chi connectivity index (χ0) is 20.0. The van der Waals surface area contributed by atoms with E-state index in [-0.39, 0.29) is 23.6 Å². The zero-order valence-electron chi connectivity index (χ0n) is 16.1. The summed E-state index contributed by atoms with van der Waals surface area (Å²) in [6.07, 6.45) is 0.600. The number of hydrogen-bond donors (Lipinski definition) is 1. The number of benzene rings is 2. The largest absolute Gasteiger partial charge is 0.493 e. The standard InChI is InChI=1S/C21H25BrFNO3/c1-21(2,15-7-9-18(26-3)19(11-15)27-4)13-24-20(25)10-6-14-5-8-16(22)12-17(14)23/h5,7-9,11-12H,6,10,13H2,1-4H3,(H,24,25). The molecule has 27 heavy (non-hydrogen) atoms. The van der Waals surface area contributed by atoms with Gasteiger partial charge in [-0.1, -0.05) is 41.9 Å². The number of rotatable bonds is 8. The van der Waals surface area contributed by atoms with Crippen LogP contribution in [0.15, 0.2) is 40.9 Å². The Bertz CT molecular complexity index is 808. The van der Waals surface area contributed by atoms with Crippen molar-refractivity contribution in [2.75, 3.05) is 20.8 Å². The van der Waals surface area contributed by atoms with Gasteiger partial charge in [-0.05, 0) is 41.8 Å². The van der Waals surface area contributed by atoms with Crippen LogP contribution in [0.1, 0.15) is 31.4 Å². The molecule has 0 aliphatic carbocycles. The summed E-state index contributed by atoms with van der Waals surface area (Å²) in [4.78, 5) is 12.2. The maximum atomic E-state index is 13.8. The predicted octanol–water partition coefficient (Wildman–Crippen LogP) is 4.63. The van der Waals surface area contributed by atoms with Crippen LogP contribution in [0.4, 0.5) is 4.39 Å². The molecule has 0 aliphatic heterocycles. The van der Waals surface area contributed by atoms with Crippen molar-refractivity contribution in [1.82, 2.24) is 5.32 Å². The number of carbonyl (C=O) groups is 1. The molecular formula is C21H25BrFNO3. The fraction of sp³-hybridized carbons (Fsp3) is 0.381. The number of hydrogen-bond acceptors (Lipinski definition) is 3. The SMILES string of the molecule is COc1ccc(C(C)(C)CNC(=O)CCc2ccc(Br)cc2F)cc1OC. The Hall–Kier alpha value is -2.08. The first-order valence-corrected chi connectivity index (χ1v) is 9.49. The van der Waals surface area contributed by atoms with Crippen LogP contribution in [0, 0.1) is 5.82 Å². The number of aryl methyl sites for hydroxylation is 1. The molecule has 0 radical (unpaired) electrons. The van der Waals surface area contributed by atoms with Crippen molar-refractivity contribution in [2.45, 2.75) is 32.1 Å². The summed E-state index contributed by atoms with van der Waals surface area (Å²) in [6.45, 7) is 4.55. The molecule has 0 aliphatic rings. The lowest BCUT2D eigenvalue weighted by molar-refractivity contribution is -0.121. The van der Waals surface area contributed by atoms with E-state index >= 15 is 0 Å². The lowest BCUT2D eigenvalue weighted by Gasteiger charge is -2.26. The van der Waals surface area contributed by atoms with Crippen LogP contribution in [0.25, 0.3) is 0 Å². The van der Waals surface area contributed by atoms with Crippen LogP contribution in [0.2, 0.25) is 0 Å².